The molecule has 3 N–H and O–H groups in total. The number of rotatable bonds is 4. The fourth-order valence-corrected chi connectivity index (χ4v) is 4.79. The van der Waals surface area contributed by atoms with Crippen molar-refractivity contribution in [2.24, 2.45) is 11.1 Å². The topological polar surface area (TPSA) is 110 Å². The number of aromatic nitrogens is 2. The normalized spacial score (nSPS) is 22.4. The van der Waals surface area contributed by atoms with E-state index in [9.17, 15) is 14.4 Å². The third-order valence-corrected chi connectivity index (χ3v) is 6.60. The number of benzene rings is 1. The Morgan fingerprint density at radius 1 is 1.38 bits per heavy atom. The van der Waals surface area contributed by atoms with E-state index >= 15 is 4.39 Å². The highest BCUT2D eigenvalue weighted by Gasteiger charge is 2.45. The maximum Gasteiger partial charge on any atom is 0.329 e. The fraction of sp³-hybridized carbons (Fsp3) is 0.591. The molecule has 2 fully saturated rings. The van der Waals surface area contributed by atoms with Crippen LogP contribution in [0.15, 0.2) is 15.7 Å². The largest absolute Gasteiger partial charge is 0.459 e. The second-order valence-electron chi connectivity index (χ2n) is 10.1. The number of aromatic amines is 1. The van der Waals surface area contributed by atoms with Crippen molar-refractivity contribution in [3.63, 3.8) is 0 Å². The van der Waals surface area contributed by atoms with Crippen molar-refractivity contribution in [3.8, 4) is 0 Å². The number of carbonyl (C=O) groups excluding carboxylic acids is 1. The highest BCUT2D eigenvalue weighted by atomic mass is 35.5. The van der Waals surface area contributed by atoms with Crippen molar-refractivity contribution in [3.05, 3.63) is 37.7 Å². The number of H-pyrrole nitrogens is 1. The van der Waals surface area contributed by atoms with E-state index in [1.165, 1.54) is 4.57 Å². The average molecular weight is 467 g/mol. The van der Waals surface area contributed by atoms with Gasteiger partial charge in [0.2, 0.25) is 0 Å². The van der Waals surface area contributed by atoms with E-state index < -0.39 is 40.1 Å². The molecule has 1 saturated heterocycles. The standard InChI is InChI=1S/C22H28ClFN4O4/c1-21(2,3)32-19(30)17(25)22(4)7-8-27(10-22)16-13(24)9-12-15(14(16)23)28(11-5-6-11)20(31)26-18(12)29/h9,11,17H,5-8,10,25H2,1-4H3,(H,26,29,31). The number of fused-ring (bicyclic) bond motifs is 1. The molecule has 174 valence electrons. The number of nitrogens with zero attached hydrogens (tertiary/aromatic N) is 2. The Hall–Kier alpha value is -2.39. The third-order valence-electron chi connectivity index (χ3n) is 6.24. The van der Waals surface area contributed by atoms with E-state index in [4.69, 9.17) is 22.1 Å². The summed E-state index contributed by atoms with van der Waals surface area (Å²) in [5, 5.41) is 0.0559. The zero-order valence-electron chi connectivity index (χ0n) is 18.6. The highest BCUT2D eigenvalue weighted by molar-refractivity contribution is 6.38. The Balaban J connectivity index is 1.74. The molecule has 32 heavy (non-hydrogen) atoms. The average Bonchev–Trinajstić information content (AvgIpc) is 3.43. The summed E-state index contributed by atoms with van der Waals surface area (Å²) in [5.74, 6) is -1.18. The minimum atomic E-state index is -0.901. The monoisotopic (exact) mass is 466 g/mol. The van der Waals surface area contributed by atoms with Crippen molar-refractivity contribution in [2.45, 2.75) is 64.6 Å². The highest BCUT2D eigenvalue weighted by Crippen LogP contribution is 2.44. The lowest BCUT2D eigenvalue weighted by atomic mass is 9.82. The van der Waals surface area contributed by atoms with Crippen LogP contribution in [-0.2, 0) is 9.53 Å². The van der Waals surface area contributed by atoms with Crippen LogP contribution in [0, 0.1) is 11.2 Å². The third kappa shape index (κ3) is 3.92. The smallest absolute Gasteiger partial charge is 0.329 e. The van der Waals surface area contributed by atoms with Crippen LogP contribution in [0.3, 0.4) is 0 Å². The van der Waals surface area contributed by atoms with Crippen LogP contribution in [0.4, 0.5) is 10.1 Å². The molecular formula is C22H28ClFN4O4. The molecule has 4 rings (SSSR count). The Bertz CT molecular complexity index is 1210. The molecule has 8 nitrogen and oxygen atoms in total. The Labute approximate surface area is 189 Å². The van der Waals surface area contributed by atoms with Gasteiger partial charge in [-0.05, 0) is 46.1 Å². The molecule has 1 saturated carbocycles. The van der Waals surface area contributed by atoms with Crippen molar-refractivity contribution in [2.75, 3.05) is 18.0 Å². The predicted molar refractivity (Wildman–Crippen MR) is 121 cm³/mol. The molecule has 10 heteroatoms. The zero-order chi connectivity index (χ0) is 23.6. The van der Waals surface area contributed by atoms with Gasteiger partial charge in [0.05, 0.1) is 21.6 Å². The number of carbonyl (C=O) groups is 1. The number of anilines is 1. The maximum atomic E-state index is 15.2. The SMILES string of the molecule is CC(C)(C)OC(=O)C(N)C1(C)CCN(c2c(F)cc3c(=O)[nH]c(=O)n(C4CC4)c3c2Cl)C1. The van der Waals surface area contributed by atoms with E-state index in [1.807, 2.05) is 6.92 Å². The van der Waals surface area contributed by atoms with Gasteiger partial charge < -0.3 is 15.4 Å². The van der Waals surface area contributed by atoms with Crippen LogP contribution in [-0.4, -0.2) is 40.3 Å². The summed E-state index contributed by atoms with van der Waals surface area (Å²) < 4.78 is 22.1. The molecule has 0 spiro atoms. The number of nitrogens with one attached hydrogen (secondary N) is 1. The molecule has 1 aliphatic carbocycles. The molecule has 2 aromatic rings. The van der Waals surface area contributed by atoms with Crippen LogP contribution in [0.2, 0.25) is 5.02 Å². The molecule has 1 aromatic heterocycles. The van der Waals surface area contributed by atoms with Gasteiger partial charge in [0.25, 0.3) is 5.56 Å². The first-order valence-corrected chi connectivity index (χ1v) is 11.1. The van der Waals surface area contributed by atoms with Gasteiger partial charge in [0, 0.05) is 24.5 Å². The molecule has 0 amide bonds. The lowest BCUT2D eigenvalue weighted by molar-refractivity contribution is -0.159. The Kier molecular flexibility index (Phi) is 5.40. The van der Waals surface area contributed by atoms with Gasteiger partial charge in [-0.15, -0.1) is 0 Å². The summed E-state index contributed by atoms with van der Waals surface area (Å²) in [6.07, 6.45) is 2.10. The first kappa shape index (κ1) is 22.8. The molecular weight excluding hydrogens is 439 g/mol. The minimum Gasteiger partial charge on any atom is -0.459 e. The summed E-state index contributed by atoms with van der Waals surface area (Å²) in [4.78, 5) is 41.3. The molecule has 0 radical (unpaired) electrons. The van der Waals surface area contributed by atoms with Crippen LogP contribution < -0.4 is 21.9 Å². The van der Waals surface area contributed by atoms with E-state index in [0.29, 0.717) is 13.0 Å². The van der Waals surface area contributed by atoms with Gasteiger partial charge in [-0.3, -0.25) is 19.1 Å². The van der Waals surface area contributed by atoms with Gasteiger partial charge in [-0.1, -0.05) is 18.5 Å². The summed E-state index contributed by atoms with van der Waals surface area (Å²) in [6.45, 7) is 7.85. The van der Waals surface area contributed by atoms with E-state index in [2.05, 4.69) is 4.98 Å². The quantitative estimate of drug-likeness (QED) is 0.670. The summed E-state index contributed by atoms with van der Waals surface area (Å²) in [5.41, 5.74) is 4.05. The van der Waals surface area contributed by atoms with Crippen LogP contribution >= 0.6 is 11.6 Å². The van der Waals surface area contributed by atoms with Crippen LogP contribution in [0.1, 0.15) is 53.0 Å². The van der Waals surface area contributed by atoms with Gasteiger partial charge >= 0.3 is 11.7 Å². The molecule has 2 heterocycles. The number of halogens is 2. The number of hydrogen-bond donors (Lipinski definition) is 2. The number of hydrogen-bond acceptors (Lipinski definition) is 6. The minimum absolute atomic E-state index is 0.0187. The van der Waals surface area contributed by atoms with Crippen molar-refractivity contribution in [1.82, 2.24) is 9.55 Å². The molecule has 0 bridgehead atoms. The van der Waals surface area contributed by atoms with Crippen molar-refractivity contribution < 1.29 is 13.9 Å². The second-order valence-corrected chi connectivity index (χ2v) is 10.5. The van der Waals surface area contributed by atoms with Crippen molar-refractivity contribution in [1.29, 1.82) is 0 Å². The lowest BCUT2D eigenvalue weighted by Crippen LogP contribution is -2.49. The number of nitrogens with two attached hydrogens (primary N) is 1. The molecule has 2 atom stereocenters. The van der Waals surface area contributed by atoms with Gasteiger partial charge in [-0.25, -0.2) is 9.18 Å². The molecule has 1 aliphatic heterocycles. The molecule has 1 aromatic carbocycles. The van der Waals surface area contributed by atoms with Crippen LogP contribution in [0.25, 0.3) is 10.9 Å². The molecule has 2 aliphatic rings. The maximum absolute atomic E-state index is 15.2. The Morgan fingerprint density at radius 2 is 2.03 bits per heavy atom. The van der Waals surface area contributed by atoms with Crippen LogP contribution in [0.5, 0.6) is 0 Å². The zero-order valence-corrected chi connectivity index (χ0v) is 19.4. The summed E-state index contributed by atoms with van der Waals surface area (Å²) >= 11 is 6.65. The summed E-state index contributed by atoms with van der Waals surface area (Å²) in [6, 6.07) is 0.153. The number of ether oxygens (including phenoxy) is 1. The van der Waals surface area contributed by atoms with Gasteiger partial charge in [0.15, 0.2) is 0 Å². The second kappa shape index (κ2) is 7.59. The lowest BCUT2D eigenvalue weighted by Gasteiger charge is -2.32. The summed E-state index contributed by atoms with van der Waals surface area (Å²) in [7, 11) is 0. The van der Waals surface area contributed by atoms with E-state index in [0.717, 1.165) is 18.9 Å². The predicted octanol–water partition coefficient (Wildman–Crippen LogP) is 2.70. The fourth-order valence-electron chi connectivity index (χ4n) is 4.38. The molecule has 2 unspecified atom stereocenters. The Morgan fingerprint density at radius 3 is 2.62 bits per heavy atom. The van der Waals surface area contributed by atoms with E-state index in [-0.39, 0.29) is 34.2 Å². The first-order valence-electron chi connectivity index (χ1n) is 10.7. The van der Waals surface area contributed by atoms with E-state index in [1.54, 1.807) is 25.7 Å². The number of esters is 1. The first-order chi connectivity index (χ1) is 14.8. The van der Waals surface area contributed by atoms with Crippen molar-refractivity contribution >= 4 is 34.2 Å². The van der Waals surface area contributed by atoms with Gasteiger partial charge in [-0.2, -0.15) is 0 Å². The van der Waals surface area contributed by atoms with Gasteiger partial charge in [0.1, 0.15) is 17.5 Å².